The first-order valence-corrected chi connectivity index (χ1v) is 7.01. The lowest BCUT2D eigenvalue weighted by atomic mass is 9.99. The van der Waals surface area contributed by atoms with Gasteiger partial charge in [0.15, 0.2) is 0 Å². The maximum atomic E-state index is 10.7. The molecule has 0 saturated heterocycles. The van der Waals surface area contributed by atoms with Gasteiger partial charge in [-0.05, 0) is 56.5 Å². The minimum Gasteiger partial charge on any atom is -0.759 e. The third kappa shape index (κ3) is 3.52. The lowest BCUT2D eigenvalue weighted by molar-refractivity contribution is 0.519. The Morgan fingerprint density at radius 1 is 1.39 bits per heavy atom. The van der Waals surface area contributed by atoms with Crippen LogP contribution in [0.25, 0.3) is 0 Å². The highest BCUT2D eigenvalue weighted by Crippen LogP contribution is 2.25. The summed E-state index contributed by atoms with van der Waals surface area (Å²) in [7, 11) is 0. The van der Waals surface area contributed by atoms with Gasteiger partial charge in [0.2, 0.25) is 0 Å². The van der Waals surface area contributed by atoms with Crippen molar-refractivity contribution in [2.24, 2.45) is 5.73 Å². The zero-order valence-electron chi connectivity index (χ0n) is 11.0. The number of hydrogen-bond acceptors (Lipinski definition) is 4. The Balaban J connectivity index is 3.09. The van der Waals surface area contributed by atoms with E-state index in [0.717, 1.165) is 23.2 Å². The van der Waals surface area contributed by atoms with Crippen LogP contribution in [0.15, 0.2) is 12.1 Å². The predicted molar refractivity (Wildman–Crippen MR) is 73.7 cm³/mol. The lowest BCUT2D eigenvalue weighted by Gasteiger charge is -2.27. The first-order valence-electron chi connectivity index (χ1n) is 5.93. The largest absolute Gasteiger partial charge is 0.759 e. The fourth-order valence-electron chi connectivity index (χ4n) is 1.96. The molecule has 1 aromatic rings. The fourth-order valence-corrected chi connectivity index (χ4v) is 2.36. The number of nitrogens with two attached hydrogens (primary N) is 1. The van der Waals surface area contributed by atoms with E-state index in [4.69, 9.17) is 5.73 Å². The Labute approximate surface area is 111 Å². The number of hydrazine groups is 1. The minimum absolute atomic E-state index is 0.560. The summed E-state index contributed by atoms with van der Waals surface area (Å²) in [5.41, 5.74) is 9.88. The highest BCUT2D eigenvalue weighted by atomic mass is 32.2. The molecule has 1 rings (SSSR count). The van der Waals surface area contributed by atoms with Gasteiger partial charge < -0.3 is 10.3 Å². The molecule has 0 fully saturated rings. The van der Waals surface area contributed by atoms with Crippen LogP contribution in [0.1, 0.15) is 23.6 Å². The molecule has 0 bridgehead atoms. The number of nitrogens with one attached hydrogen (secondary N) is 1. The van der Waals surface area contributed by atoms with Crippen molar-refractivity contribution in [3.63, 3.8) is 0 Å². The molecule has 0 spiro atoms. The first-order chi connectivity index (χ1) is 8.51. The van der Waals surface area contributed by atoms with Crippen molar-refractivity contribution in [1.82, 2.24) is 4.83 Å². The number of benzene rings is 1. The Kier molecular flexibility index (Phi) is 5.74. The standard InChI is InChI=1S/C12H21N3O2S/c1-4-15(14-18(16)17)12-6-5-11(7-8-13)9(2)10(12)3/h5-6,14H,4,7-8,13H2,1-3H3,(H,16,17)/p-1. The Hall–Kier alpha value is -0.950. The molecule has 1 aromatic carbocycles. The van der Waals surface area contributed by atoms with Gasteiger partial charge in [-0.2, -0.15) is 4.83 Å². The normalized spacial score (nSPS) is 12.5. The molecule has 6 heteroatoms. The molecule has 0 heterocycles. The summed E-state index contributed by atoms with van der Waals surface area (Å²) in [4.78, 5) is 2.39. The van der Waals surface area contributed by atoms with Gasteiger partial charge in [-0.1, -0.05) is 6.07 Å². The van der Waals surface area contributed by atoms with Gasteiger partial charge in [-0.15, -0.1) is 0 Å². The van der Waals surface area contributed by atoms with Gasteiger partial charge in [0.05, 0.1) is 5.69 Å². The molecule has 102 valence electrons. The van der Waals surface area contributed by atoms with Crippen molar-refractivity contribution < 1.29 is 8.76 Å². The highest BCUT2D eigenvalue weighted by molar-refractivity contribution is 7.77. The molecule has 0 aliphatic heterocycles. The van der Waals surface area contributed by atoms with Crippen LogP contribution in [0.2, 0.25) is 0 Å². The Morgan fingerprint density at radius 3 is 2.56 bits per heavy atom. The summed E-state index contributed by atoms with van der Waals surface area (Å²) in [6, 6.07) is 3.93. The summed E-state index contributed by atoms with van der Waals surface area (Å²) >= 11 is -2.31. The van der Waals surface area contributed by atoms with Gasteiger partial charge in [0, 0.05) is 17.8 Å². The molecule has 0 aromatic heterocycles. The predicted octanol–water partition coefficient (Wildman–Crippen LogP) is 0.930. The second kappa shape index (κ2) is 6.84. The molecule has 0 aliphatic carbocycles. The summed E-state index contributed by atoms with van der Waals surface area (Å²) in [6.07, 6.45) is 0.833. The minimum atomic E-state index is -2.31. The second-order valence-electron chi connectivity index (χ2n) is 4.10. The van der Waals surface area contributed by atoms with E-state index in [9.17, 15) is 8.76 Å². The van der Waals surface area contributed by atoms with Crippen LogP contribution in [-0.2, 0) is 17.7 Å². The number of rotatable bonds is 6. The molecule has 5 nitrogen and oxygen atoms in total. The number of nitrogens with zero attached hydrogens (tertiary/aromatic N) is 1. The summed E-state index contributed by atoms with van der Waals surface area (Å²) in [5, 5.41) is 1.61. The van der Waals surface area contributed by atoms with Crippen LogP contribution in [-0.4, -0.2) is 21.9 Å². The van der Waals surface area contributed by atoms with Crippen molar-refractivity contribution in [1.29, 1.82) is 0 Å². The average Bonchev–Trinajstić information content (AvgIpc) is 2.33. The Bertz CT molecular complexity index is 438. The smallest absolute Gasteiger partial charge is 0.0561 e. The quantitative estimate of drug-likeness (QED) is 0.595. The zero-order chi connectivity index (χ0) is 13.7. The summed E-state index contributed by atoms with van der Waals surface area (Å²) in [5.74, 6) is 0. The molecule has 1 atom stereocenters. The highest BCUT2D eigenvalue weighted by Gasteiger charge is 2.11. The van der Waals surface area contributed by atoms with Gasteiger partial charge in [-0.25, -0.2) is 0 Å². The molecule has 18 heavy (non-hydrogen) atoms. The van der Waals surface area contributed by atoms with Gasteiger partial charge in [-0.3, -0.25) is 9.22 Å². The molecular formula is C12H20N3O2S-. The lowest BCUT2D eigenvalue weighted by Crippen LogP contribution is -2.39. The molecule has 0 aliphatic rings. The van der Waals surface area contributed by atoms with Crippen LogP contribution in [0.5, 0.6) is 0 Å². The number of hydrogen-bond donors (Lipinski definition) is 2. The van der Waals surface area contributed by atoms with E-state index in [1.807, 2.05) is 32.9 Å². The van der Waals surface area contributed by atoms with Crippen LogP contribution in [0.3, 0.4) is 0 Å². The van der Waals surface area contributed by atoms with E-state index < -0.39 is 11.3 Å². The number of anilines is 1. The summed E-state index contributed by atoms with van der Waals surface area (Å²) < 4.78 is 21.5. The van der Waals surface area contributed by atoms with Gasteiger partial charge in [0.1, 0.15) is 0 Å². The van der Waals surface area contributed by atoms with E-state index in [2.05, 4.69) is 4.83 Å². The SMILES string of the molecule is CCN(NS(=O)[O-])c1ccc(CCN)c(C)c1C. The average molecular weight is 270 g/mol. The zero-order valence-corrected chi connectivity index (χ0v) is 11.8. The van der Waals surface area contributed by atoms with Crippen molar-refractivity contribution in [3.05, 3.63) is 28.8 Å². The van der Waals surface area contributed by atoms with Crippen molar-refractivity contribution >= 4 is 17.0 Å². The second-order valence-corrected chi connectivity index (χ2v) is 4.75. The van der Waals surface area contributed by atoms with Gasteiger partial charge >= 0.3 is 0 Å². The molecule has 0 saturated carbocycles. The van der Waals surface area contributed by atoms with Crippen molar-refractivity contribution in [2.75, 3.05) is 18.1 Å². The van der Waals surface area contributed by atoms with E-state index in [1.165, 1.54) is 5.56 Å². The fraction of sp³-hybridized carbons (Fsp3) is 0.500. The molecule has 0 amide bonds. The van der Waals surface area contributed by atoms with Crippen LogP contribution in [0.4, 0.5) is 5.69 Å². The molecule has 0 radical (unpaired) electrons. The van der Waals surface area contributed by atoms with Crippen LogP contribution < -0.4 is 15.6 Å². The van der Waals surface area contributed by atoms with Gasteiger partial charge in [0.25, 0.3) is 0 Å². The van der Waals surface area contributed by atoms with Crippen molar-refractivity contribution in [2.45, 2.75) is 27.2 Å². The van der Waals surface area contributed by atoms with E-state index in [-0.39, 0.29) is 0 Å². The van der Waals surface area contributed by atoms with E-state index in [0.29, 0.717) is 13.1 Å². The monoisotopic (exact) mass is 270 g/mol. The van der Waals surface area contributed by atoms with Crippen LogP contribution >= 0.6 is 0 Å². The molecular weight excluding hydrogens is 250 g/mol. The third-order valence-electron chi connectivity index (χ3n) is 3.08. The maximum Gasteiger partial charge on any atom is 0.0561 e. The maximum absolute atomic E-state index is 10.7. The first kappa shape index (κ1) is 15.1. The third-order valence-corrected chi connectivity index (χ3v) is 3.45. The molecule has 1 unspecified atom stereocenters. The van der Waals surface area contributed by atoms with Crippen LogP contribution in [0, 0.1) is 13.8 Å². The summed E-state index contributed by atoms with van der Waals surface area (Å²) in [6.45, 7) is 7.08. The van der Waals surface area contributed by atoms with Crippen molar-refractivity contribution in [3.8, 4) is 0 Å². The Morgan fingerprint density at radius 2 is 2.06 bits per heavy atom. The van der Waals surface area contributed by atoms with E-state index >= 15 is 0 Å². The molecule has 3 N–H and O–H groups in total. The van der Waals surface area contributed by atoms with E-state index in [1.54, 1.807) is 5.01 Å². The topological polar surface area (TPSA) is 81.4 Å².